The number of guanidine groups is 1. The first-order valence-electron chi connectivity index (χ1n) is 7.93. The molecule has 2 unspecified atom stereocenters. The summed E-state index contributed by atoms with van der Waals surface area (Å²) in [5.74, 6) is 1.02. The molecule has 0 aliphatic heterocycles. The molecule has 3 rings (SSSR count). The number of aliphatic imine (C=N–C) groups is 1. The fraction of sp³-hybridized carbons (Fsp3) is 0.412. The van der Waals surface area contributed by atoms with Crippen molar-refractivity contribution >= 4 is 41.3 Å². The molecule has 1 aliphatic carbocycles. The third-order valence-electron chi connectivity index (χ3n) is 4.17. The Morgan fingerprint density at radius 3 is 2.69 bits per heavy atom. The van der Waals surface area contributed by atoms with Crippen LogP contribution in [0.2, 0.25) is 0 Å². The zero-order chi connectivity index (χ0) is 18.0. The topological polar surface area (TPSA) is 49.3 Å². The van der Waals surface area contributed by atoms with Crippen molar-refractivity contribution in [1.82, 2.24) is 15.6 Å². The van der Waals surface area contributed by atoms with E-state index in [9.17, 15) is 13.2 Å². The summed E-state index contributed by atoms with van der Waals surface area (Å²) in [5, 5.41) is 7.75. The van der Waals surface area contributed by atoms with E-state index in [-0.39, 0.29) is 36.6 Å². The van der Waals surface area contributed by atoms with E-state index in [0.29, 0.717) is 16.9 Å². The Kier molecular flexibility index (Phi) is 6.89. The van der Waals surface area contributed by atoms with Crippen molar-refractivity contribution in [3.63, 3.8) is 0 Å². The van der Waals surface area contributed by atoms with Crippen molar-refractivity contribution in [2.24, 2.45) is 4.99 Å². The molecule has 0 saturated heterocycles. The summed E-state index contributed by atoms with van der Waals surface area (Å²) in [6.07, 6.45) is -3.38. The van der Waals surface area contributed by atoms with Crippen molar-refractivity contribution in [2.75, 3.05) is 7.05 Å². The Morgan fingerprint density at radius 1 is 1.35 bits per heavy atom. The van der Waals surface area contributed by atoms with Gasteiger partial charge in [-0.2, -0.15) is 13.2 Å². The second kappa shape index (κ2) is 8.55. The summed E-state index contributed by atoms with van der Waals surface area (Å²) in [7, 11) is 1.64. The van der Waals surface area contributed by atoms with Crippen LogP contribution in [0.3, 0.4) is 0 Å². The van der Waals surface area contributed by atoms with Crippen LogP contribution < -0.4 is 10.6 Å². The molecule has 0 spiro atoms. The molecule has 2 atom stereocenters. The standard InChI is InChI=1S/C17H19F3N4S.HI/c1-10-5-3-4-6-11(10)12-7-13(12)23-16(21-2)22-8-15-24-14(9-25-15)17(18,19)20;/h3-6,9,12-13H,7-8H2,1-2H3,(H2,21,22,23);1H. The van der Waals surface area contributed by atoms with Crippen LogP contribution >= 0.6 is 35.3 Å². The third kappa shape index (κ3) is 5.09. The van der Waals surface area contributed by atoms with Crippen LogP contribution in [0.1, 0.15) is 34.2 Å². The van der Waals surface area contributed by atoms with Crippen LogP contribution in [0.15, 0.2) is 34.6 Å². The van der Waals surface area contributed by atoms with Gasteiger partial charge < -0.3 is 10.6 Å². The van der Waals surface area contributed by atoms with Crippen LogP contribution in [0.5, 0.6) is 0 Å². The molecule has 26 heavy (non-hydrogen) atoms. The molecule has 1 aromatic carbocycles. The van der Waals surface area contributed by atoms with Crippen molar-refractivity contribution in [1.29, 1.82) is 0 Å². The van der Waals surface area contributed by atoms with E-state index < -0.39 is 11.9 Å². The highest BCUT2D eigenvalue weighted by molar-refractivity contribution is 14.0. The smallest absolute Gasteiger partial charge is 0.353 e. The maximum atomic E-state index is 12.6. The minimum atomic E-state index is -4.40. The lowest BCUT2D eigenvalue weighted by atomic mass is 10.0. The van der Waals surface area contributed by atoms with E-state index in [1.165, 1.54) is 11.1 Å². The van der Waals surface area contributed by atoms with Crippen LogP contribution in [0.25, 0.3) is 0 Å². The first-order valence-corrected chi connectivity index (χ1v) is 8.80. The molecule has 142 valence electrons. The first-order chi connectivity index (χ1) is 11.9. The summed E-state index contributed by atoms with van der Waals surface area (Å²) in [6.45, 7) is 2.31. The molecule has 2 N–H and O–H groups in total. The average Bonchev–Trinajstić information content (AvgIpc) is 3.14. The zero-order valence-corrected chi connectivity index (χ0v) is 17.4. The van der Waals surface area contributed by atoms with Crippen LogP contribution in [0, 0.1) is 6.92 Å². The predicted octanol–water partition coefficient (Wildman–Crippen LogP) is 4.31. The predicted molar refractivity (Wildman–Crippen MR) is 108 cm³/mol. The second-order valence-corrected chi connectivity index (χ2v) is 6.94. The van der Waals surface area contributed by atoms with E-state index in [1.54, 1.807) is 7.05 Å². The summed E-state index contributed by atoms with van der Waals surface area (Å²) in [4.78, 5) is 7.74. The summed E-state index contributed by atoms with van der Waals surface area (Å²) >= 11 is 0.986. The normalized spacial score (nSPS) is 19.7. The minimum absolute atomic E-state index is 0. The van der Waals surface area contributed by atoms with Crippen LogP contribution in [0.4, 0.5) is 13.2 Å². The monoisotopic (exact) mass is 496 g/mol. The lowest BCUT2D eigenvalue weighted by molar-refractivity contribution is -0.140. The van der Waals surface area contributed by atoms with E-state index in [1.807, 2.05) is 12.1 Å². The molecule has 1 aromatic heterocycles. The van der Waals surface area contributed by atoms with Gasteiger partial charge in [-0.1, -0.05) is 24.3 Å². The van der Waals surface area contributed by atoms with Crippen molar-refractivity contribution in [2.45, 2.75) is 38.0 Å². The summed E-state index contributed by atoms with van der Waals surface area (Å²) in [6, 6.07) is 8.57. The number of thiazole rings is 1. The SMILES string of the molecule is CN=C(NCc1nc(C(F)(F)F)cs1)NC1CC1c1ccccc1C.I. The lowest BCUT2D eigenvalue weighted by Gasteiger charge is -2.11. The quantitative estimate of drug-likeness (QED) is 0.377. The van der Waals surface area contributed by atoms with E-state index >= 15 is 0 Å². The van der Waals surface area contributed by atoms with E-state index in [2.05, 4.69) is 39.7 Å². The Balaban J connectivity index is 0.00000243. The number of alkyl halides is 3. The molecule has 2 aromatic rings. The first kappa shape index (κ1) is 20.9. The molecule has 4 nitrogen and oxygen atoms in total. The Hall–Kier alpha value is -1.36. The molecule has 9 heteroatoms. The molecule has 1 fully saturated rings. The Morgan fingerprint density at radius 2 is 2.08 bits per heavy atom. The van der Waals surface area contributed by atoms with Gasteiger partial charge >= 0.3 is 6.18 Å². The van der Waals surface area contributed by atoms with Crippen molar-refractivity contribution in [3.05, 3.63) is 51.5 Å². The van der Waals surface area contributed by atoms with Crippen LogP contribution in [-0.2, 0) is 12.7 Å². The van der Waals surface area contributed by atoms with Gasteiger partial charge in [-0.3, -0.25) is 4.99 Å². The Labute approximate surface area is 171 Å². The highest BCUT2D eigenvalue weighted by Gasteiger charge is 2.39. The second-order valence-electron chi connectivity index (χ2n) is 6.00. The van der Waals surface area contributed by atoms with Gasteiger partial charge in [0.1, 0.15) is 5.01 Å². The number of rotatable bonds is 4. The fourth-order valence-electron chi connectivity index (χ4n) is 2.75. The zero-order valence-electron chi connectivity index (χ0n) is 14.3. The molecule has 0 radical (unpaired) electrons. The van der Waals surface area contributed by atoms with Gasteiger partial charge in [-0.05, 0) is 24.5 Å². The van der Waals surface area contributed by atoms with Crippen molar-refractivity contribution in [3.8, 4) is 0 Å². The largest absolute Gasteiger partial charge is 0.434 e. The third-order valence-corrected chi connectivity index (χ3v) is 5.02. The highest BCUT2D eigenvalue weighted by atomic mass is 127. The number of nitrogens with one attached hydrogen (secondary N) is 2. The number of halogens is 4. The maximum Gasteiger partial charge on any atom is 0.434 e. The minimum Gasteiger partial charge on any atom is -0.353 e. The number of benzene rings is 1. The van der Waals surface area contributed by atoms with Crippen LogP contribution in [-0.4, -0.2) is 24.0 Å². The molecule has 1 aliphatic rings. The fourth-order valence-corrected chi connectivity index (χ4v) is 3.49. The van der Waals surface area contributed by atoms with Gasteiger partial charge in [0.25, 0.3) is 0 Å². The summed E-state index contributed by atoms with van der Waals surface area (Å²) in [5.41, 5.74) is 1.74. The highest BCUT2D eigenvalue weighted by Crippen LogP contribution is 2.42. The maximum absolute atomic E-state index is 12.6. The molecule has 0 bridgehead atoms. The number of aryl methyl sites for hydroxylation is 1. The van der Waals surface area contributed by atoms with Gasteiger partial charge in [-0.25, -0.2) is 4.98 Å². The van der Waals surface area contributed by atoms with E-state index in [4.69, 9.17) is 0 Å². The number of nitrogens with zero attached hydrogens (tertiary/aromatic N) is 2. The molecular formula is C17H20F3IN4S. The van der Waals surface area contributed by atoms with Crippen molar-refractivity contribution < 1.29 is 13.2 Å². The average molecular weight is 496 g/mol. The van der Waals surface area contributed by atoms with E-state index in [0.717, 1.165) is 23.1 Å². The van der Waals surface area contributed by atoms with Gasteiger partial charge in [-0.15, -0.1) is 35.3 Å². The number of hydrogen-bond donors (Lipinski definition) is 2. The molecule has 0 amide bonds. The molecule has 1 heterocycles. The summed E-state index contributed by atoms with van der Waals surface area (Å²) < 4.78 is 37.7. The van der Waals surface area contributed by atoms with Gasteiger partial charge in [0.05, 0.1) is 6.54 Å². The van der Waals surface area contributed by atoms with Gasteiger partial charge in [0, 0.05) is 24.4 Å². The number of hydrogen-bond acceptors (Lipinski definition) is 3. The van der Waals surface area contributed by atoms with Gasteiger partial charge in [0.2, 0.25) is 0 Å². The Bertz CT molecular complexity index is 775. The molecular weight excluding hydrogens is 476 g/mol. The van der Waals surface area contributed by atoms with Gasteiger partial charge in [0.15, 0.2) is 11.7 Å². The lowest BCUT2D eigenvalue weighted by Crippen LogP contribution is -2.38. The molecule has 1 saturated carbocycles. The number of aromatic nitrogens is 1.